The highest BCUT2D eigenvalue weighted by molar-refractivity contribution is 6.04. The molecule has 0 aromatic heterocycles. The molecule has 4 rings (SSSR count). The summed E-state index contributed by atoms with van der Waals surface area (Å²) in [5, 5.41) is 10.4. The van der Waals surface area contributed by atoms with Gasteiger partial charge in [-0.25, -0.2) is 0 Å². The van der Waals surface area contributed by atoms with Crippen LogP contribution in [0.5, 0.6) is 0 Å². The van der Waals surface area contributed by atoms with E-state index in [1.54, 1.807) is 36.4 Å². The molecule has 2 aromatic carbocycles. The standard InChI is InChI=1S/C25H22O7/c1-30-22(28)25(23(29)31-2)13-18-20(17-11-7-4-8-12-17)32-19(16-9-5-3-6-10-16)14-24(18,15-25)21(26)27/h3-12,14H,13,15H2,1-2H3,(H,26,27). The van der Waals surface area contributed by atoms with Gasteiger partial charge in [0.05, 0.1) is 14.2 Å². The highest BCUT2D eigenvalue weighted by Gasteiger charge is 2.65. The second kappa shape index (κ2) is 8.00. The van der Waals surface area contributed by atoms with Gasteiger partial charge in [-0.1, -0.05) is 60.7 Å². The number of carbonyl (C=O) groups excluding carboxylic acids is 2. The van der Waals surface area contributed by atoms with Crippen molar-refractivity contribution in [3.8, 4) is 0 Å². The molecular formula is C25H22O7. The zero-order chi connectivity index (χ0) is 22.9. The van der Waals surface area contributed by atoms with Crippen molar-refractivity contribution in [1.82, 2.24) is 0 Å². The van der Waals surface area contributed by atoms with Gasteiger partial charge in [-0.3, -0.25) is 14.4 Å². The maximum absolute atomic E-state index is 12.8. The molecule has 1 N–H and O–H groups in total. The molecule has 0 amide bonds. The molecule has 32 heavy (non-hydrogen) atoms. The Hall–Kier alpha value is -3.87. The zero-order valence-electron chi connectivity index (χ0n) is 17.7. The number of methoxy groups -OCH3 is 2. The molecule has 164 valence electrons. The van der Waals surface area contributed by atoms with Crippen molar-refractivity contribution in [1.29, 1.82) is 0 Å². The second-order valence-electron chi connectivity index (χ2n) is 7.85. The minimum absolute atomic E-state index is 0.193. The fourth-order valence-electron chi connectivity index (χ4n) is 4.55. The zero-order valence-corrected chi connectivity index (χ0v) is 17.7. The summed E-state index contributed by atoms with van der Waals surface area (Å²) in [6, 6.07) is 18.1. The van der Waals surface area contributed by atoms with E-state index >= 15 is 0 Å². The van der Waals surface area contributed by atoms with Crippen LogP contribution >= 0.6 is 0 Å². The van der Waals surface area contributed by atoms with Crippen molar-refractivity contribution in [2.45, 2.75) is 12.8 Å². The molecule has 1 saturated carbocycles. The number of benzene rings is 2. The van der Waals surface area contributed by atoms with Crippen molar-refractivity contribution in [3.63, 3.8) is 0 Å². The van der Waals surface area contributed by atoms with Gasteiger partial charge in [0.1, 0.15) is 16.9 Å². The average molecular weight is 434 g/mol. The predicted molar refractivity (Wildman–Crippen MR) is 115 cm³/mol. The molecule has 0 saturated heterocycles. The van der Waals surface area contributed by atoms with Crippen LogP contribution in [0.2, 0.25) is 0 Å². The smallest absolute Gasteiger partial charge is 0.323 e. The Labute approximate surface area is 184 Å². The van der Waals surface area contributed by atoms with Gasteiger partial charge in [0.2, 0.25) is 0 Å². The molecule has 1 fully saturated rings. The lowest BCUT2D eigenvalue weighted by Crippen LogP contribution is -2.41. The van der Waals surface area contributed by atoms with E-state index in [9.17, 15) is 19.5 Å². The van der Waals surface area contributed by atoms with Crippen molar-refractivity contribution >= 4 is 29.4 Å². The van der Waals surface area contributed by atoms with Crippen LogP contribution < -0.4 is 0 Å². The summed E-state index contributed by atoms with van der Waals surface area (Å²) in [4.78, 5) is 38.5. The quantitative estimate of drug-likeness (QED) is 0.566. The van der Waals surface area contributed by atoms with Crippen LogP contribution in [0.15, 0.2) is 72.3 Å². The third-order valence-electron chi connectivity index (χ3n) is 6.09. The lowest BCUT2D eigenvalue weighted by molar-refractivity contribution is -0.169. The molecule has 0 bridgehead atoms. The molecule has 0 radical (unpaired) electrons. The number of hydrogen-bond acceptors (Lipinski definition) is 6. The largest absolute Gasteiger partial charge is 0.480 e. The van der Waals surface area contributed by atoms with E-state index in [2.05, 4.69) is 0 Å². The highest BCUT2D eigenvalue weighted by atomic mass is 16.5. The number of fused-ring (bicyclic) bond motifs is 1. The van der Waals surface area contributed by atoms with E-state index in [1.807, 2.05) is 24.3 Å². The molecule has 1 aliphatic carbocycles. The number of esters is 2. The number of hydrogen-bond donors (Lipinski definition) is 1. The Bertz CT molecular complexity index is 1120. The molecule has 7 heteroatoms. The lowest BCUT2D eigenvalue weighted by atomic mass is 9.76. The second-order valence-corrected chi connectivity index (χ2v) is 7.85. The number of ether oxygens (including phenoxy) is 3. The predicted octanol–water partition coefficient (Wildman–Crippen LogP) is 3.67. The van der Waals surface area contributed by atoms with Gasteiger partial charge >= 0.3 is 17.9 Å². The first kappa shape index (κ1) is 21.4. The normalized spacial score (nSPS) is 21.1. The van der Waals surface area contributed by atoms with E-state index in [1.165, 1.54) is 6.08 Å². The van der Waals surface area contributed by atoms with Gasteiger partial charge in [-0.05, 0) is 18.1 Å². The van der Waals surface area contributed by atoms with E-state index in [4.69, 9.17) is 14.2 Å². The Kier molecular flexibility index (Phi) is 5.34. The average Bonchev–Trinajstić information content (AvgIpc) is 3.21. The summed E-state index contributed by atoms with van der Waals surface area (Å²) in [6.07, 6.45) is 0.960. The summed E-state index contributed by atoms with van der Waals surface area (Å²) in [5.74, 6) is -2.22. The Balaban J connectivity index is 2.00. The summed E-state index contributed by atoms with van der Waals surface area (Å²) in [5.41, 5.74) is -1.82. The molecule has 2 aromatic rings. The Morgan fingerprint density at radius 2 is 1.41 bits per heavy atom. The first-order valence-electron chi connectivity index (χ1n) is 10.0. The molecule has 0 spiro atoms. The third-order valence-corrected chi connectivity index (χ3v) is 6.09. The Morgan fingerprint density at radius 1 is 0.875 bits per heavy atom. The van der Waals surface area contributed by atoms with Crippen molar-refractivity contribution in [2.24, 2.45) is 10.8 Å². The summed E-state index contributed by atoms with van der Waals surface area (Å²) in [6.45, 7) is 0. The topological polar surface area (TPSA) is 99.1 Å². The van der Waals surface area contributed by atoms with Crippen LogP contribution in [-0.2, 0) is 28.6 Å². The van der Waals surface area contributed by atoms with Gasteiger partial charge in [-0.2, -0.15) is 0 Å². The number of rotatable bonds is 5. The molecule has 7 nitrogen and oxygen atoms in total. The van der Waals surface area contributed by atoms with Gasteiger partial charge in [0, 0.05) is 17.5 Å². The SMILES string of the molecule is COC(=O)C1(C(=O)OC)CC2=C(c3ccccc3)OC(c3ccccc3)=CC2(C(=O)O)C1. The van der Waals surface area contributed by atoms with Gasteiger partial charge < -0.3 is 19.3 Å². The minimum Gasteiger partial charge on any atom is -0.480 e. The maximum Gasteiger partial charge on any atom is 0.323 e. The van der Waals surface area contributed by atoms with Crippen molar-refractivity contribution in [3.05, 3.63) is 83.4 Å². The molecular weight excluding hydrogens is 412 g/mol. The first-order chi connectivity index (χ1) is 15.4. The van der Waals surface area contributed by atoms with Gasteiger partial charge in [0.15, 0.2) is 5.41 Å². The maximum atomic E-state index is 12.8. The van der Waals surface area contributed by atoms with E-state index in [0.29, 0.717) is 28.2 Å². The fourth-order valence-corrected chi connectivity index (χ4v) is 4.55. The summed E-state index contributed by atoms with van der Waals surface area (Å²) >= 11 is 0. The van der Waals surface area contributed by atoms with E-state index in [-0.39, 0.29) is 12.8 Å². The fraction of sp³-hybridized carbons (Fsp3) is 0.240. The number of carboxylic acid groups (broad SMARTS) is 1. The van der Waals surface area contributed by atoms with Crippen molar-refractivity contribution < 1.29 is 33.7 Å². The molecule has 1 aliphatic heterocycles. The van der Waals surface area contributed by atoms with Gasteiger partial charge in [-0.15, -0.1) is 0 Å². The molecule has 1 atom stereocenters. The first-order valence-corrected chi connectivity index (χ1v) is 10.0. The number of carbonyl (C=O) groups is 3. The number of carboxylic acids is 1. The number of aliphatic carboxylic acids is 1. The van der Waals surface area contributed by atoms with Gasteiger partial charge in [0.25, 0.3) is 0 Å². The van der Waals surface area contributed by atoms with Crippen LogP contribution in [0.1, 0.15) is 24.0 Å². The summed E-state index contributed by atoms with van der Waals surface area (Å²) < 4.78 is 16.1. The van der Waals surface area contributed by atoms with Crippen LogP contribution in [0.4, 0.5) is 0 Å². The lowest BCUT2D eigenvalue weighted by Gasteiger charge is -2.31. The highest BCUT2D eigenvalue weighted by Crippen LogP contribution is 2.60. The minimum atomic E-state index is -1.80. The van der Waals surface area contributed by atoms with Crippen LogP contribution in [-0.4, -0.2) is 37.2 Å². The van der Waals surface area contributed by atoms with Crippen LogP contribution in [0.25, 0.3) is 11.5 Å². The van der Waals surface area contributed by atoms with Crippen molar-refractivity contribution in [2.75, 3.05) is 14.2 Å². The van der Waals surface area contributed by atoms with Crippen LogP contribution in [0.3, 0.4) is 0 Å². The molecule has 2 aliphatic rings. The summed E-state index contributed by atoms with van der Waals surface area (Å²) in [7, 11) is 2.33. The Morgan fingerprint density at radius 3 is 1.91 bits per heavy atom. The third kappa shape index (κ3) is 3.17. The van der Waals surface area contributed by atoms with E-state index in [0.717, 1.165) is 14.2 Å². The van der Waals surface area contributed by atoms with E-state index < -0.39 is 28.7 Å². The van der Waals surface area contributed by atoms with Crippen LogP contribution in [0, 0.1) is 10.8 Å². The monoisotopic (exact) mass is 434 g/mol. The molecule has 1 heterocycles. The molecule has 1 unspecified atom stereocenters.